The first kappa shape index (κ1) is 16.5. The van der Waals surface area contributed by atoms with Gasteiger partial charge in [-0.2, -0.15) is 0 Å². The molecule has 4 nitrogen and oxygen atoms in total. The van der Waals surface area contributed by atoms with E-state index in [1.165, 1.54) is 7.11 Å². The highest BCUT2D eigenvalue weighted by Crippen LogP contribution is 2.21. The van der Waals surface area contributed by atoms with Crippen LogP contribution in [0.5, 0.6) is 0 Å². The number of methoxy groups -OCH3 is 1. The van der Waals surface area contributed by atoms with Crippen LogP contribution in [0, 0.1) is 6.92 Å². The Hall–Kier alpha value is -1.55. The van der Waals surface area contributed by atoms with Gasteiger partial charge in [-0.3, -0.25) is 4.79 Å². The molecule has 1 aromatic rings. The van der Waals surface area contributed by atoms with Crippen molar-refractivity contribution in [1.82, 2.24) is 5.32 Å². The number of amides is 1. The summed E-state index contributed by atoms with van der Waals surface area (Å²) >= 11 is 6.01. The summed E-state index contributed by atoms with van der Waals surface area (Å²) in [5, 5.41) is 3.28. The number of rotatable bonds is 5. The molecule has 0 saturated heterocycles. The van der Waals surface area contributed by atoms with Gasteiger partial charge in [-0.05, 0) is 38.0 Å². The molecular formula is C15H20ClNO3. The van der Waals surface area contributed by atoms with Crippen LogP contribution in [-0.4, -0.2) is 24.5 Å². The second-order valence-electron chi connectivity index (χ2n) is 4.94. The Bertz CT molecular complexity index is 516. The number of esters is 1. The van der Waals surface area contributed by atoms with Gasteiger partial charge in [-0.1, -0.05) is 31.0 Å². The molecule has 0 aliphatic rings. The lowest BCUT2D eigenvalue weighted by Gasteiger charge is -2.27. The maximum Gasteiger partial charge on any atom is 0.331 e. The number of benzene rings is 1. The van der Waals surface area contributed by atoms with Gasteiger partial charge in [0.05, 0.1) is 7.11 Å². The van der Waals surface area contributed by atoms with Crippen LogP contribution in [0.15, 0.2) is 18.2 Å². The van der Waals surface area contributed by atoms with Gasteiger partial charge < -0.3 is 10.1 Å². The number of carbonyl (C=O) groups is 2. The fraction of sp³-hybridized carbons (Fsp3) is 0.467. The molecule has 20 heavy (non-hydrogen) atoms. The molecule has 0 aliphatic heterocycles. The first-order chi connectivity index (χ1) is 9.35. The molecule has 0 aliphatic carbocycles. The van der Waals surface area contributed by atoms with E-state index in [9.17, 15) is 9.59 Å². The van der Waals surface area contributed by atoms with Gasteiger partial charge in [0.25, 0.3) is 5.91 Å². The average molecular weight is 298 g/mol. The fourth-order valence-electron chi connectivity index (χ4n) is 2.11. The summed E-state index contributed by atoms with van der Waals surface area (Å²) in [5.74, 6) is -0.779. The minimum atomic E-state index is -1.03. The normalized spacial score (nSPS) is 13.4. The lowest BCUT2D eigenvalue weighted by molar-refractivity contribution is -0.147. The Labute approximate surface area is 124 Å². The molecule has 0 spiro atoms. The number of hydrogen-bond donors (Lipinski definition) is 1. The van der Waals surface area contributed by atoms with E-state index in [0.717, 1.165) is 6.42 Å². The minimum Gasteiger partial charge on any atom is -0.467 e. The first-order valence-electron chi connectivity index (χ1n) is 6.51. The van der Waals surface area contributed by atoms with Gasteiger partial charge in [0.15, 0.2) is 0 Å². The van der Waals surface area contributed by atoms with Crippen molar-refractivity contribution in [3.05, 3.63) is 34.3 Å². The molecule has 0 aromatic heterocycles. The molecule has 1 atom stereocenters. The molecule has 0 bridgehead atoms. The van der Waals surface area contributed by atoms with Crippen molar-refractivity contribution >= 4 is 23.5 Å². The van der Waals surface area contributed by atoms with Crippen LogP contribution in [0.4, 0.5) is 0 Å². The third-order valence-electron chi connectivity index (χ3n) is 3.29. The monoisotopic (exact) mass is 297 g/mol. The summed E-state index contributed by atoms with van der Waals surface area (Å²) in [4.78, 5) is 24.2. The molecule has 1 amide bonds. The molecule has 0 heterocycles. The van der Waals surface area contributed by atoms with E-state index in [2.05, 4.69) is 5.32 Å². The van der Waals surface area contributed by atoms with Crippen LogP contribution in [0.2, 0.25) is 5.02 Å². The van der Waals surface area contributed by atoms with Crippen molar-refractivity contribution in [1.29, 1.82) is 0 Å². The van der Waals surface area contributed by atoms with E-state index in [0.29, 0.717) is 22.6 Å². The highest BCUT2D eigenvalue weighted by atomic mass is 35.5. The lowest BCUT2D eigenvalue weighted by Crippen LogP contribution is -2.52. The summed E-state index contributed by atoms with van der Waals surface area (Å²) in [6.45, 7) is 5.38. The van der Waals surface area contributed by atoms with Crippen molar-refractivity contribution in [2.24, 2.45) is 0 Å². The zero-order chi connectivity index (χ0) is 15.3. The van der Waals surface area contributed by atoms with E-state index in [4.69, 9.17) is 16.3 Å². The summed E-state index contributed by atoms with van der Waals surface area (Å²) < 4.78 is 4.78. The van der Waals surface area contributed by atoms with E-state index >= 15 is 0 Å². The summed E-state index contributed by atoms with van der Waals surface area (Å²) in [5.41, 5.74) is 0.120. The quantitative estimate of drug-likeness (QED) is 0.850. The molecule has 0 fully saturated rings. The number of hydrogen-bond acceptors (Lipinski definition) is 3. The number of nitrogens with one attached hydrogen (secondary N) is 1. The third-order valence-corrected chi connectivity index (χ3v) is 3.70. The Morgan fingerprint density at radius 3 is 2.60 bits per heavy atom. The average Bonchev–Trinajstić information content (AvgIpc) is 2.40. The highest BCUT2D eigenvalue weighted by Gasteiger charge is 2.35. The van der Waals surface area contributed by atoms with Gasteiger partial charge in [0.2, 0.25) is 0 Å². The van der Waals surface area contributed by atoms with Crippen molar-refractivity contribution in [2.75, 3.05) is 7.11 Å². The number of carbonyl (C=O) groups excluding carboxylic acids is 2. The molecule has 1 aromatic carbocycles. The topological polar surface area (TPSA) is 55.4 Å². The van der Waals surface area contributed by atoms with Crippen LogP contribution in [-0.2, 0) is 9.53 Å². The lowest BCUT2D eigenvalue weighted by atomic mass is 9.95. The van der Waals surface area contributed by atoms with E-state index in [-0.39, 0.29) is 5.91 Å². The maximum atomic E-state index is 12.4. The second-order valence-corrected chi connectivity index (χ2v) is 5.35. The predicted octanol–water partition coefficient (Wildman–Crippen LogP) is 3.11. The third kappa shape index (κ3) is 3.51. The Morgan fingerprint density at radius 2 is 2.05 bits per heavy atom. The smallest absolute Gasteiger partial charge is 0.331 e. The number of halogens is 1. The molecule has 1 rings (SSSR count). The zero-order valence-electron chi connectivity index (χ0n) is 12.2. The molecule has 0 radical (unpaired) electrons. The molecule has 0 saturated carbocycles. The van der Waals surface area contributed by atoms with Crippen molar-refractivity contribution in [2.45, 2.75) is 39.2 Å². The van der Waals surface area contributed by atoms with Crippen LogP contribution in [0.1, 0.15) is 42.6 Å². The van der Waals surface area contributed by atoms with Gasteiger partial charge in [0, 0.05) is 10.6 Å². The standard InChI is InChI=1S/C15H20ClNO3/c1-5-9-15(3,14(19)20-4)17-13(18)11-7-6-8-12(16)10(11)2/h6-8H,5,9H2,1-4H3,(H,17,18). The summed E-state index contributed by atoms with van der Waals surface area (Å²) in [6.07, 6.45) is 1.26. The largest absolute Gasteiger partial charge is 0.467 e. The van der Waals surface area contributed by atoms with Crippen molar-refractivity contribution < 1.29 is 14.3 Å². The van der Waals surface area contributed by atoms with Crippen molar-refractivity contribution in [3.63, 3.8) is 0 Å². The summed E-state index contributed by atoms with van der Waals surface area (Å²) in [6, 6.07) is 5.11. The summed E-state index contributed by atoms with van der Waals surface area (Å²) in [7, 11) is 1.31. The van der Waals surface area contributed by atoms with Crippen LogP contribution < -0.4 is 5.32 Å². The molecule has 5 heteroatoms. The Kier molecular flexibility index (Phi) is 5.57. The van der Waals surface area contributed by atoms with Crippen LogP contribution >= 0.6 is 11.6 Å². The van der Waals surface area contributed by atoms with E-state index in [1.807, 2.05) is 6.92 Å². The highest BCUT2D eigenvalue weighted by molar-refractivity contribution is 6.31. The molecule has 110 valence electrons. The fourth-order valence-corrected chi connectivity index (χ4v) is 2.29. The van der Waals surface area contributed by atoms with Gasteiger partial charge >= 0.3 is 5.97 Å². The second kappa shape index (κ2) is 6.75. The van der Waals surface area contributed by atoms with Crippen molar-refractivity contribution in [3.8, 4) is 0 Å². The van der Waals surface area contributed by atoms with Crippen LogP contribution in [0.25, 0.3) is 0 Å². The maximum absolute atomic E-state index is 12.4. The Morgan fingerprint density at radius 1 is 1.40 bits per heavy atom. The van der Waals surface area contributed by atoms with E-state index < -0.39 is 11.5 Å². The predicted molar refractivity (Wildman–Crippen MR) is 79.0 cm³/mol. The van der Waals surface area contributed by atoms with Gasteiger partial charge in [0.1, 0.15) is 5.54 Å². The molecular weight excluding hydrogens is 278 g/mol. The van der Waals surface area contributed by atoms with Crippen LogP contribution in [0.3, 0.4) is 0 Å². The SMILES string of the molecule is CCCC(C)(NC(=O)c1cccc(Cl)c1C)C(=O)OC. The Balaban J connectivity index is 3.03. The van der Waals surface area contributed by atoms with Gasteiger partial charge in [-0.15, -0.1) is 0 Å². The van der Waals surface area contributed by atoms with E-state index in [1.54, 1.807) is 32.0 Å². The first-order valence-corrected chi connectivity index (χ1v) is 6.89. The molecule has 1 unspecified atom stereocenters. The number of ether oxygens (including phenoxy) is 1. The van der Waals surface area contributed by atoms with Gasteiger partial charge in [-0.25, -0.2) is 4.79 Å². The molecule has 1 N–H and O–H groups in total. The minimum absolute atomic E-state index is 0.327. The zero-order valence-corrected chi connectivity index (χ0v) is 13.0.